The van der Waals surface area contributed by atoms with Gasteiger partial charge in [-0.3, -0.25) is 0 Å². The maximum Gasteiger partial charge on any atom is 0.161 e. The number of rotatable bonds is 3. The van der Waals surface area contributed by atoms with Gasteiger partial charge in [-0.1, -0.05) is 23.2 Å². The summed E-state index contributed by atoms with van der Waals surface area (Å²) in [5, 5.41) is 0.349. The van der Waals surface area contributed by atoms with Crippen LogP contribution in [-0.4, -0.2) is 17.1 Å². The number of halogens is 4. The van der Waals surface area contributed by atoms with Gasteiger partial charge in [0.15, 0.2) is 5.82 Å². The molecule has 19 heavy (non-hydrogen) atoms. The second-order valence-corrected chi connectivity index (χ2v) is 5.50. The number of nitrogens with zero attached hydrogens (tertiary/aromatic N) is 2. The zero-order valence-corrected chi connectivity index (χ0v) is 13.4. The second kappa shape index (κ2) is 6.30. The zero-order chi connectivity index (χ0) is 14.0. The molecular weight excluding hydrogens is 405 g/mol. The molecular formula is C12H8Cl2FIN2O. The van der Waals surface area contributed by atoms with Crippen molar-refractivity contribution in [3.05, 3.63) is 43.5 Å². The number of benzene rings is 1. The Morgan fingerprint density at radius 3 is 2.68 bits per heavy atom. The molecule has 0 radical (unpaired) electrons. The Kier molecular flexibility index (Phi) is 4.94. The van der Waals surface area contributed by atoms with E-state index in [1.165, 1.54) is 12.1 Å². The Labute approximate surface area is 133 Å². The van der Waals surface area contributed by atoms with Crippen molar-refractivity contribution in [2.75, 3.05) is 7.11 Å². The number of hydrogen-bond donors (Lipinski definition) is 0. The summed E-state index contributed by atoms with van der Waals surface area (Å²) in [6, 6.07) is 4.28. The van der Waals surface area contributed by atoms with Gasteiger partial charge in [0, 0.05) is 12.7 Å². The van der Waals surface area contributed by atoms with Gasteiger partial charge in [0.25, 0.3) is 0 Å². The number of methoxy groups -OCH3 is 1. The van der Waals surface area contributed by atoms with Crippen molar-refractivity contribution in [2.45, 2.75) is 6.61 Å². The predicted molar refractivity (Wildman–Crippen MR) is 80.9 cm³/mol. The van der Waals surface area contributed by atoms with Gasteiger partial charge in [0.1, 0.15) is 11.0 Å². The Morgan fingerprint density at radius 2 is 2.05 bits per heavy atom. The molecule has 0 unspecified atom stereocenters. The van der Waals surface area contributed by atoms with Crippen molar-refractivity contribution >= 4 is 45.8 Å². The van der Waals surface area contributed by atoms with Crippen LogP contribution in [0.15, 0.2) is 18.2 Å². The van der Waals surface area contributed by atoms with E-state index in [1.807, 2.05) is 0 Å². The molecule has 0 aliphatic carbocycles. The van der Waals surface area contributed by atoms with Gasteiger partial charge in [-0.2, -0.15) is 0 Å². The van der Waals surface area contributed by atoms with Crippen LogP contribution in [0.5, 0.6) is 0 Å². The summed E-state index contributed by atoms with van der Waals surface area (Å²) in [5.41, 5.74) is 1.28. The fraction of sp³-hybridized carbons (Fsp3) is 0.167. The first-order valence-electron chi connectivity index (χ1n) is 5.19. The minimum absolute atomic E-state index is 0.0177. The monoisotopic (exact) mass is 412 g/mol. The third kappa shape index (κ3) is 3.34. The Bertz CT molecular complexity index is 625. The Morgan fingerprint density at radius 1 is 1.32 bits per heavy atom. The van der Waals surface area contributed by atoms with E-state index in [0.29, 0.717) is 28.8 Å². The summed E-state index contributed by atoms with van der Waals surface area (Å²) >= 11 is 13.9. The molecule has 100 valence electrons. The maximum atomic E-state index is 13.1. The van der Waals surface area contributed by atoms with Crippen LogP contribution in [0.3, 0.4) is 0 Å². The van der Waals surface area contributed by atoms with Gasteiger partial charge in [0.05, 0.1) is 20.9 Å². The van der Waals surface area contributed by atoms with Crippen molar-refractivity contribution in [1.29, 1.82) is 0 Å². The largest absolute Gasteiger partial charge is 0.378 e. The smallest absolute Gasteiger partial charge is 0.161 e. The van der Waals surface area contributed by atoms with Crippen LogP contribution in [-0.2, 0) is 11.3 Å². The number of hydrogen-bond acceptors (Lipinski definition) is 3. The maximum absolute atomic E-state index is 13.1. The average Bonchev–Trinajstić information content (AvgIpc) is 2.38. The minimum Gasteiger partial charge on any atom is -0.378 e. The van der Waals surface area contributed by atoms with E-state index in [4.69, 9.17) is 27.9 Å². The third-order valence-electron chi connectivity index (χ3n) is 2.34. The van der Waals surface area contributed by atoms with Gasteiger partial charge < -0.3 is 4.74 Å². The van der Waals surface area contributed by atoms with Crippen LogP contribution in [0.1, 0.15) is 5.69 Å². The molecule has 0 spiro atoms. The van der Waals surface area contributed by atoms with Crippen molar-refractivity contribution in [3.63, 3.8) is 0 Å². The average molecular weight is 413 g/mol. The molecule has 0 saturated heterocycles. The molecule has 0 fully saturated rings. The van der Waals surface area contributed by atoms with Crippen LogP contribution in [0.25, 0.3) is 11.4 Å². The molecule has 0 aliphatic rings. The first kappa shape index (κ1) is 14.9. The molecule has 0 amide bonds. The molecule has 3 nitrogen and oxygen atoms in total. The van der Waals surface area contributed by atoms with Crippen molar-refractivity contribution in [3.8, 4) is 11.4 Å². The first-order chi connectivity index (χ1) is 9.02. The molecule has 1 heterocycles. The molecule has 1 aromatic heterocycles. The van der Waals surface area contributed by atoms with E-state index < -0.39 is 5.82 Å². The summed E-state index contributed by atoms with van der Waals surface area (Å²) in [4.78, 5) is 8.52. The highest BCUT2D eigenvalue weighted by Gasteiger charge is 2.13. The molecule has 1 aromatic carbocycles. The van der Waals surface area contributed by atoms with Gasteiger partial charge in [-0.05, 0) is 40.8 Å². The quantitative estimate of drug-likeness (QED) is 0.555. The van der Waals surface area contributed by atoms with Crippen molar-refractivity contribution in [2.24, 2.45) is 0 Å². The molecule has 0 saturated carbocycles. The van der Waals surface area contributed by atoms with Crippen molar-refractivity contribution in [1.82, 2.24) is 9.97 Å². The fourth-order valence-electron chi connectivity index (χ4n) is 1.46. The van der Waals surface area contributed by atoms with Gasteiger partial charge >= 0.3 is 0 Å². The molecule has 7 heteroatoms. The standard InChI is InChI=1S/C12H8Cl2FIN2O/c1-19-5-9-10(16)11(14)18-12(17-9)6-2-3-8(15)7(13)4-6/h2-4H,5H2,1H3. The lowest BCUT2D eigenvalue weighted by Gasteiger charge is -2.08. The van der Waals surface area contributed by atoms with Crippen molar-refractivity contribution < 1.29 is 9.13 Å². The van der Waals surface area contributed by atoms with E-state index in [1.54, 1.807) is 13.2 Å². The zero-order valence-electron chi connectivity index (χ0n) is 9.75. The van der Waals surface area contributed by atoms with Crippen LogP contribution in [0.2, 0.25) is 10.2 Å². The Hall–Kier alpha value is -0.500. The van der Waals surface area contributed by atoms with E-state index in [2.05, 4.69) is 32.6 Å². The summed E-state index contributed by atoms with van der Waals surface area (Å²) < 4.78 is 18.9. The summed E-state index contributed by atoms with van der Waals surface area (Å²) in [5.74, 6) is -0.0986. The molecule has 0 atom stereocenters. The molecule has 2 rings (SSSR count). The molecule has 0 bridgehead atoms. The normalized spacial score (nSPS) is 10.8. The summed E-state index contributed by atoms with van der Waals surface area (Å²) in [6.07, 6.45) is 0. The van der Waals surface area contributed by atoms with Crippen LogP contribution < -0.4 is 0 Å². The van der Waals surface area contributed by atoms with E-state index in [-0.39, 0.29) is 5.02 Å². The molecule has 0 N–H and O–H groups in total. The lowest BCUT2D eigenvalue weighted by atomic mass is 10.2. The topological polar surface area (TPSA) is 35.0 Å². The van der Waals surface area contributed by atoms with Gasteiger partial charge in [-0.15, -0.1) is 0 Å². The third-order valence-corrected chi connectivity index (χ3v) is 4.35. The van der Waals surface area contributed by atoms with Crippen LogP contribution in [0.4, 0.5) is 4.39 Å². The van der Waals surface area contributed by atoms with Gasteiger partial charge in [-0.25, -0.2) is 14.4 Å². The lowest BCUT2D eigenvalue weighted by Crippen LogP contribution is -2.02. The van der Waals surface area contributed by atoms with Gasteiger partial charge in [0.2, 0.25) is 0 Å². The molecule has 0 aliphatic heterocycles. The highest BCUT2D eigenvalue weighted by atomic mass is 127. The SMILES string of the molecule is COCc1nc(-c2ccc(F)c(Cl)c2)nc(Cl)c1I. The van der Waals surface area contributed by atoms with E-state index >= 15 is 0 Å². The first-order valence-corrected chi connectivity index (χ1v) is 7.02. The van der Waals surface area contributed by atoms with Crippen LogP contribution in [0, 0.1) is 9.39 Å². The highest BCUT2D eigenvalue weighted by molar-refractivity contribution is 14.1. The fourth-order valence-corrected chi connectivity index (χ4v) is 2.23. The predicted octanol–water partition coefficient (Wildman–Crippen LogP) is 4.34. The minimum atomic E-state index is -0.487. The highest BCUT2D eigenvalue weighted by Crippen LogP contribution is 2.26. The number of ether oxygens (including phenoxy) is 1. The second-order valence-electron chi connectivity index (χ2n) is 3.66. The van der Waals surface area contributed by atoms with E-state index in [9.17, 15) is 4.39 Å². The van der Waals surface area contributed by atoms with E-state index in [0.717, 1.165) is 3.57 Å². The summed E-state index contributed by atoms with van der Waals surface area (Å²) in [7, 11) is 1.57. The summed E-state index contributed by atoms with van der Waals surface area (Å²) in [6.45, 7) is 0.322. The Balaban J connectivity index is 2.52. The lowest BCUT2D eigenvalue weighted by molar-refractivity contribution is 0.181. The number of aromatic nitrogens is 2. The molecule has 2 aromatic rings. The van der Waals surface area contributed by atoms with Crippen LogP contribution >= 0.6 is 45.8 Å².